The van der Waals surface area contributed by atoms with Crippen LogP contribution in [-0.2, 0) is 10.5 Å². The molecule has 0 N–H and O–H groups in total. The van der Waals surface area contributed by atoms with Crippen LogP contribution >= 0.6 is 23.5 Å². The lowest BCUT2D eigenvalue weighted by Crippen LogP contribution is -2.10. The van der Waals surface area contributed by atoms with E-state index in [4.69, 9.17) is 0 Å². The first-order chi connectivity index (χ1) is 7.71. The molecule has 1 heterocycles. The number of aryl methyl sites for hydroxylation is 1. The van der Waals surface area contributed by atoms with Crippen LogP contribution in [0.1, 0.15) is 34.8 Å². The lowest BCUT2D eigenvalue weighted by atomic mass is 10.0. The molecule has 0 bridgehead atoms. The molecule has 16 heavy (non-hydrogen) atoms. The minimum Gasteiger partial charge on any atom is -0.295 e. The zero-order valence-corrected chi connectivity index (χ0v) is 10.9. The highest BCUT2D eigenvalue weighted by Crippen LogP contribution is 2.58. The molecule has 2 aliphatic rings. The van der Waals surface area contributed by atoms with E-state index >= 15 is 0 Å². The second-order valence-corrected chi connectivity index (χ2v) is 7.42. The zero-order valence-electron chi connectivity index (χ0n) is 9.29. The van der Waals surface area contributed by atoms with E-state index in [9.17, 15) is 4.79 Å². The Bertz CT molecular complexity index is 447. The van der Waals surface area contributed by atoms with Crippen LogP contribution in [0.25, 0.3) is 0 Å². The van der Waals surface area contributed by atoms with E-state index in [1.54, 1.807) is 6.92 Å². The van der Waals surface area contributed by atoms with Crippen LogP contribution in [0.5, 0.6) is 0 Å². The van der Waals surface area contributed by atoms with Crippen molar-refractivity contribution in [3.63, 3.8) is 0 Å². The van der Waals surface area contributed by atoms with Gasteiger partial charge in [0.1, 0.15) is 0 Å². The van der Waals surface area contributed by atoms with Crippen LogP contribution in [0.15, 0.2) is 18.2 Å². The third kappa shape index (κ3) is 1.52. The fourth-order valence-electron chi connectivity index (χ4n) is 2.56. The summed E-state index contributed by atoms with van der Waals surface area (Å²) >= 11 is 4.13. The molecular weight excluding hydrogens is 236 g/mol. The SMILES string of the molecule is CC(=O)c1ccc2c(c1)C1(CC2)SCCS1. The Morgan fingerprint density at radius 3 is 2.75 bits per heavy atom. The summed E-state index contributed by atoms with van der Waals surface area (Å²) in [6.45, 7) is 1.65. The van der Waals surface area contributed by atoms with Crippen molar-refractivity contribution < 1.29 is 4.79 Å². The third-order valence-electron chi connectivity index (χ3n) is 3.40. The highest BCUT2D eigenvalue weighted by atomic mass is 32.2. The molecule has 1 fully saturated rings. The minimum absolute atomic E-state index is 0.179. The molecule has 1 spiro atoms. The summed E-state index contributed by atoms with van der Waals surface area (Å²) in [7, 11) is 0. The normalized spacial score (nSPS) is 21.3. The van der Waals surface area contributed by atoms with Gasteiger partial charge in [-0.15, -0.1) is 23.5 Å². The average Bonchev–Trinajstić information content (AvgIpc) is 2.88. The molecular formula is C13H14OS2. The number of rotatable bonds is 1. The lowest BCUT2D eigenvalue weighted by Gasteiger charge is -2.22. The number of hydrogen-bond acceptors (Lipinski definition) is 3. The highest BCUT2D eigenvalue weighted by Gasteiger charge is 2.42. The van der Waals surface area contributed by atoms with Gasteiger partial charge in [-0.1, -0.05) is 12.1 Å². The monoisotopic (exact) mass is 250 g/mol. The maximum absolute atomic E-state index is 11.4. The Labute approximate surface area is 104 Å². The van der Waals surface area contributed by atoms with Crippen LogP contribution in [0.2, 0.25) is 0 Å². The van der Waals surface area contributed by atoms with Crippen molar-refractivity contribution in [2.24, 2.45) is 0 Å². The number of thioether (sulfide) groups is 2. The van der Waals surface area contributed by atoms with Gasteiger partial charge in [0.15, 0.2) is 5.78 Å². The number of carbonyl (C=O) groups excluding carboxylic acids is 1. The molecule has 3 heteroatoms. The Morgan fingerprint density at radius 2 is 2.06 bits per heavy atom. The van der Waals surface area contributed by atoms with Crippen LogP contribution < -0.4 is 0 Å². The number of Topliss-reactive ketones (excluding diaryl/α,β-unsaturated/α-hetero) is 1. The number of carbonyl (C=O) groups is 1. The Morgan fingerprint density at radius 1 is 1.31 bits per heavy atom. The van der Waals surface area contributed by atoms with Gasteiger partial charge in [0.05, 0.1) is 4.08 Å². The van der Waals surface area contributed by atoms with Gasteiger partial charge < -0.3 is 0 Å². The van der Waals surface area contributed by atoms with Crippen LogP contribution in [0.4, 0.5) is 0 Å². The largest absolute Gasteiger partial charge is 0.295 e. The van der Waals surface area contributed by atoms with Gasteiger partial charge in [-0.2, -0.15) is 0 Å². The summed E-state index contributed by atoms with van der Waals surface area (Å²) in [4.78, 5) is 11.4. The van der Waals surface area contributed by atoms with Crippen molar-refractivity contribution >= 4 is 29.3 Å². The Balaban J connectivity index is 2.09. The molecule has 1 aromatic carbocycles. The summed E-state index contributed by atoms with van der Waals surface area (Å²) < 4.78 is 0.279. The van der Waals surface area contributed by atoms with Gasteiger partial charge in [0.25, 0.3) is 0 Å². The lowest BCUT2D eigenvalue weighted by molar-refractivity contribution is 0.101. The second kappa shape index (κ2) is 3.81. The summed E-state index contributed by atoms with van der Waals surface area (Å²) in [5.74, 6) is 2.67. The fourth-order valence-corrected chi connectivity index (χ4v) is 5.90. The molecule has 1 aromatic rings. The molecule has 0 radical (unpaired) electrons. The van der Waals surface area contributed by atoms with E-state index in [-0.39, 0.29) is 9.86 Å². The van der Waals surface area contributed by atoms with Crippen molar-refractivity contribution in [2.45, 2.75) is 23.8 Å². The predicted molar refractivity (Wildman–Crippen MR) is 71.4 cm³/mol. The van der Waals surface area contributed by atoms with E-state index < -0.39 is 0 Å². The summed E-state index contributed by atoms with van der Waals surface area (Å²) in [6, 6.07) is 6.26. The molecule has 84 valence electrons. The van der Waals surface area contributed by atoms with Crippen molar-refractivity contribution in [1.29, 1.82) is 0 Å². The maximum Gasteiger partial charge on any atom is 0.159 e. The maximum atomic E-state index is 11.4. The van der Waals surface area contributed by atoms with Gasteiger partial charge in [0, 0.05) is 17.1 Å². The van der Waals surface area contributed by atoms with Crippen molar-refractivity contribution in [3.8, 4) is 0 Å². The fraction of sp³-hybridized carbons (Fsp3) is 0.462. The smallest absolute Gasteiger partial charge is 0.159 e. The molecule has 1 saturated heterocycles. The first-order valence-electron chi connectivity index (χ1n) is 5.63. The number of ketones is 1. The van der Waals surface area contributed by atoms with E-state index in [2.05, 4.69) is 35.7 Å². The second-order valence-electron chi connectivity index (χ2n) is 4.38. The molecule has 0 amide bonds. The van der Waals surface area contributed by atoms with Crippen molar-refractivity contribution in [1.82, 2.24) is 0 Å². The number of benzene rings is 1. The first-order valence-corrected chi connectivity index (χ1v) is 7.61. The zero-order chi connectivity index (χ0) is 11.2. The summed E-state index contributed by atoms with van der Waals surface area (Å²) in [5, 5.41) is 0. The van der Waals surface area contributed by atoms with E-state index in [1.807, 2.05) is 6.07 Å². The van der Waals surface area contributed by atoms with Gasteiger partial charge in [-0.3, -0.25) is 4.79 Å². The number of fused-ring (bicyclic) bond motifs is 2. The molecule has 0 unspecified atom stereocenters. The highest BCUT2D eigenvalue weighted by molar-refractivity contribution is 8.20. The van der Waals surface area contributed by atoms with Crippen LogP contribution in [0, 0.1) is 0 Å². The third-order valence-corrected chi connectivity index (χ3v) is 6.97. The van der Waals surface area contributed by atoms with Crippen molar-refractivity contribution in [2.75, 3.05) is 11.5 Å². The van der Waals surface area contributed by atoms with Crippen LogP contribution in [-0.4, -0.2) is 17.3 Å². The molecule has 1 aliphatic carbocycles. The first kappa shape index (κ1) is 10.7. The molecule has 0 aromatic heterocycles. The topological polar surface area (TPSA) is 17.1 Å². The summed E-state index contributed by atoms with van der Waals surface area (Å²) in [5.41, 5.74) is 3.74. The van der Waals surface area contributed by atoms with Crippen LogP contribution in [0.3, 0.4) is 0 Å². The van der Waals surface area contributed by atoms with Gasteiger partial charge in [0.2, 0.25) is 0 Å². The van der Waals surface area contributed by atoms with E-state index in [0.29, 0.717) is 0 Å². The van der Waals surface area contributed by atoms with Gasteiger partial charge >= 0.3 is 0 Å². The molecule has 0 atom stereocenters. The molecule has 3 rings (SSSR count). The van der Waals surface area contributed by atoms with E-state index in [1.165, 1.54) is 35.5 Å². The number of hydrogen-bond donors (Lipinski definition) is 0. The molecule has 0 saturated carbocycles. The van der Waals surface area contributed by atoms with Gasteiger partial charge in [-0.25, -0.2) is 0 Å². The Kier molecular flexibility index (Phi) is 2.55. The predicted octanol–water partition coefficient (Wildman–Crippen LogP) is 3.47. The summed E-state index contributed by atoms with van der Waals surface area (Å²) in [6.07, 6.45) is 2.41. The molecule has 1 aliphatic heterocycles. The Hall–Kier alpha value is -0.410. The van der Waals surface area contributed by atoms with Crippen molar-refractivity contribution in [3.05, 3.63) is 34.9 Å². The van der Waals surface area contributed by atoms with Gasteiger partial charge in [-0.05, 0) is 37.0 Å². The quantitative estimate of drug-likeness (QED) is 0.710. The average molecular weight is 250 g/mol. The standard InChI is InChI=1S/C13H14OS2/c1-9(14)11-3-2-10-4-5-13(12(10)8-11)15-6-7-16-13/h2-3,8H,4-7H2,1H3. The molecule has 1 nitrogen and oxygen atoms in total. The van der Waals surface area contributed by atoms with E-state index in [0.717, 1.165) is 5.56 Å². The minimum atomic E-state index is 0.179.